The molecule has 0 bridgehead atoms. The van der Waals surface area contributed by atoms with E-state index >= 15 is 0 Å². The topological polar surface area (TPSA) is 49.9 Å². The molecule has 12 heavy (non-hydrogen) atoms. The molecule has 0 aromatic heterocycles. The second kappa shape index (κ2) is 2.63. The van der Waals surface area contributed by atoms with Gasteiger partial charge in [0.1, 0.15) is 0 Å². The largest absolute Gasteiger partial charge is 0.398 e. The molecule has 0 saturated heterocycles. The summed E-state index contributed by atoms with van der Waals surface area (Å²) < 4.78 is 0. The summed E-state index contributed by atoms with van der Waals surface area (Å²) in [6.07, 6.45) is 3.91. The van der Waals surface area contributed by atoms with Crippen LogP contribution in [-0.4, -0.2) is 6.21 Å². The molecule has 1 aliphatic carbocycles. The SMILES string of the molecule is N=Cc1cc(C2CC2)ccc1N.[HH]. The van der Waals surface area contributed by atoms with Crippen LogP contribution in [0.1, 0.15) is 31.3 Å². The van der Waals surface area contributed by atoms with Gasteiger partial charge in [0.2, 0.25) is 0 Å². The van der Waals surface area contributed by atoms with E-state index in [-0.39, 0.29) is 1.43 Å². The van der Waals surface area contributed by atoms with Gasteiger partial charge in [0.15, 0.2) is 0 Å². The van der Waals surface area contributed by atoms with Crippen LogP contribution in [0.25, 0.3) is 0 Å². The first-order valence-electron chi connectivity index (χ1n) is 4.21. The second-order valence-electron chi connectivity index (χ2n) is 3.31. The van der Waals surface area contributed by atoms with Crippen LogP contribution in [0.5, 0.6) is 0 Å². The number of anilines is 1. The molecule has 0 heterocycles. The number of nitrogens with two attached hydrogens (primary N) is 1. The summed E-state index contributed by atoms with van der Waals surface area (Å²) in [5, 5.41) is 7.14. The van der Waals surface area contributed by atoms with Crippen LogP contribution in [0, 0.1) is 5.41 Å². The molecule has 1 fully saturated rings. The fourth-order valence-electron chi connectivity index (χ4n) is 1.39. The average Bonchev–Trinajstić information content (AvgIpc) is 2.88. The maximum absolute atomic E-state index is 7.14. The smallest absolute Gasteiger partial charge is 0.0403 e. The van der Waals surface area contributed by atoms with Gasteiger partial charge >= 0.3 is 0 Å². The number of nitrogens with one attached hydrogen (secondary N) is 1. The number of benzene rings is 1. The molecule has 1 saturated carbocycles. The van der Waals surface area contributed by atoms with Gasteiger partial charge in [-0.25, -0.2) is 0 Å². The van der Waals surface area contributed by atoms with E-state index in [0.717, 1.165) is 11.5 Å². The van der Waals surface area contributed by atoms with E-state index in [2.05, 4.69) is 6.07 Å². The van der Waals surface area contributed by atoms with Crippen molar-refractivity contribution in [3.8, 4) is 0 Å². The summed E-state index contributed by atoms with van der Waals surface area (Å²) in [6.45, 7) is 0. The van der Waals surface area contributed by atoms with Crippen LogP contribution >= 0.6 is 0 Å². The van der Waals surface area contributed by atoms with Crippen molar-refractivity contribution in [3.63, 3.8) is 0 Å². The normalized spacial score (nSPS) is 16.0. The van der Waals surface area contributed by atoms with Crippen molar-refractivity contribution in [2.24, 2.45) is 0 Å². The highest BCUT2D eigenvalue weighted by Gasteiger charge is 2.23. The summed E-state index contributed by atoms with van der Waals surface area (Å²) in [7, 11) is 0. The van der Waals surface area contributed by atoms with Crippen LogP contribution in [0.4, 0.5) is 5.69 Å². The van der Waals surface area contributed by atoms with Crippen molar-refractivity contribution in [1.82, 2.24) is 0 Å². The Morgan fingerprint density at radius 2 is 2.25 bits per heavy atom. The molecule has 0 spiro atoms. The molecule has 2 heteroatoms. The lowest BCUT2D eigenvalue weighted by molar-refractivity contribution is 1.13. The van der Waals surface area contributed by atoms with Crippen LogP contribution in [0.2, 0.25) is 0 Å². The third-order valence-electron chi connectivity index (χ3n) is 2.32. The summed E-state index contributed by atoms with van der Waals surface area (Å²) in [6, 6.07) is 5.99. The van der Waals surface area contributed by atoms with Crippen LogP contribution in [0.15, 0.2) is 18.2 Å². The van der Waals surface area contributed by atoms with Crippen molar-refractivity contribution in [2.75, 3.05) is 5.73 Å². The molecule has 1 aliphatic rings. The van der Waals surface area contributed by atoms with Crippen LogP contribution in [0.3, 0.4) is 0 Å². The van der Waals surface area contributed by atoms with Crippen molar-refractivity contribution >= 4 is 11.9 Å². The quantitative estimate of drug-likeness (QED) is 0.509. The molecule has 64 valence electrons. The van der Waals surface area contributed by atoms with E-state index in [1.165, 1.54) is 24.6 Å². The Morgan fingerprint density at radius 3 is 2.83 bits per heavy atom. The summed E-state index contributed by atoms with van der Waals surface area (Å²) >= 11 is 0. The molecular weight excluding hydrogens is 148 g/mol. The maximum Gasteiger partial charge on any atom is 0.0403 e. The molecule has 0 atom stereocenters. The minimum atomic E-state index is 0. The lowest BCUT2D eigenvalue weighted by atomic mass is 10.1. The van der Waals surface area contributed by atoms with E-state index in [4.69, 9.17) is 11.1 Å². The molecule has 2 rings (SSSR count). The Morgan fingerprint density at radius 1 is 1.50 bits per heavy atom. The molecule has 1 aromatic rings. The van der Waals surface area contributed by atoms with E-state index in [1.807, 2.05) is 12.1 Å². The Hall–Kier alpha value is -1.31. The Bertz CT molecular complexity index is 319. The van der Waals surface area contributed by atoms with Gasteiger partial charge < -0.3 is 11.1 Å². The molecule has 3 N–H and O–H groups in total. The first-order chi connectivity index (χ1) is 5.81. The van der Waals surface area contributed by atoms with Gasteiger partial charge in [-0.05, 0) is 36.5 Å². The lowest BCUT2D eigenvalue weighted by Crippen LogP contribution is -1.93. The van der Waals surface area contributed by atoms with E-state index in [0.29, 0.717) is 5.69 Å². The van der Waals surface area contributed by atoms with Gasteiger partial charge in [0.25, 0.3) is 0 Å². The highest BCUT2D eigenvalue weighted by atomic mass is 14.6. The first kappa shape index (κ1) is 7.35. The lowest BCUT2D eigenvalue weighted by Gasteiger charge is -2.02. The zero-order chi connectivity index (χ0) is 8.55. The van der Waals surface area contributed by atoms with Gasteiger partial charge in [0, 0.05) is 18.9 Å². The highest BCUT2D eigenvalue weighted by Crippen LogP contribution is 2.40. The van der Waals surface area contributed by atoms with Crippen LogP contribution < -0.4 is 5.73 Å². The van der Waals surface area contributed by atoms with Crippen molar-refractivity contribution in [2.45, 2.75) is 18.8 Å². The number of nitrogen functional groups attached to an aromatic ring is 1. The minimum Gasteiger partial charge on any atom is -0.398 e. The zero-order valence-electron chi connectivity index (χ0n) is 6.88. The maximum atomic E-state index is 7.14. The molecule has 0 amide bonds. The summed E-state index contributed by atoms with van der Waals surface area (Å²) in [4.78, 5) is 0. The third kappa shape index (κ3) is 1.20. The number of hydrogen-bond acceptors (Lipinski definition) is 2. The predicted octanol–water partition coefficient (Wildman–Crippen LogP) is 2.39. The number of rotatable bonds is 2. The molecule has 0 radical (unpaired) electrons. The van der Waals surface area contributed by atoms with Gasteiger partial charge in [-0.1, -0.05) is 6.07 Å². The Balaban J connectivity index is 0.000000845. The molecule has 0 unspecified atom stereocenters. The third-order valence-corrected chi connectivity index (χ3v) is 2.32. The molecule has 1 aromatic carbocycles. The molecule has 0 aliphatic heterocycles. The van der Waals surface area contributed by atoms with Crippen LogP contribution in [-0.2, 0) is 0 Å². The van der Waals surface area contributed by atoms with Gasteiger partial charge in [-0.15, -0.1) is 0 Å². The number of hydrogen-bond donors (Lipinski definition) is 2. The van der Waals surface area contributed by atoms with Gasteiger partial charge in [-0.2, -0.15) is 0 Å². The van der Waals surface area contributed by atoms with Gasteiger partial charge in [-0.3, -0.25) is 0 Å². The van der Waals surface area contributed by atoms with E-state index in [1.54, 1.807) is 0 Å². The second-order valence-corrected chi connectivity index (χ2v) is 3.31. The monoisotopic (exact) mass is 162 g/mol. The fraction of sp³-hybridized carbons (Fsp3) is 0.300. The van der Waals surface area contributed by atoms with E-state index in [9.17, 15) is 0 Å². The van der Waals surface area contributed by atoms with Crippen molar-refractivity contribution in [1.29, 1.82) is 5.41 Å². The molecular formula is C10H14N2. The van der Waals surface area contributed by atoms with Gasteiger partial charge in [0.05, 0.1) is 0 Å². The standard InChI is InChI=1S/C10H12N2.H2/c11-6-9-5-8(7-1-2-7)3-4-10(9)12;/h3-7,11H,1-2,12H2;1H. The van der Waals surface area contributed by atoms with E-state index < -0.39 is 0 Å². The molecule has 2 nitrogen and oxygen atoms in total. The summed E-state index contributed by atoms with van der Waals surface area (Å²) in [5.41, 5.74) is 8.55. The predicted molar refractivity (Wildman–Crippen MR) is 52.8 cm³/mol. The highest BCUT2D eigenvalue weighted by molar-refractivity contribution is 5.85. The van der Waals surface area contributed by atoms with Crippen molar-refractivity contribution < 1.29 is 1.43 Å². The zero-order valence-corrected chi connectivity index (χ0v) is 6.88. The summed E-state index contributed by atoms with van der Waals surface area (Å²) in [5.74, 6) is 0.740. The Labute approximate surface area is 73.4 Å². The minimum absolute atomic E-state index is 0. The first-order valence-corrected chi connectivity index (χ1v) is 4.21. The fourth-order valence-corrected chi connectivity index (χ4v) is 1.39. The van der Waals surface area contributed by atoms with Crippen molar-refractivity contribution in [3.05, 3.63) is 29.3 Å². The average molecular weight is 162 g/mol. The Kier molecular flexibility index (Phi) is 1.61.